The molecular formula is C10H20IN3. The summed E-state index contributed by atoms with van der Waals surface area (Å²) in [6.07, 6.45) is 6.97. The first-order valence-electron chi connectivity index (χ1n) is 5.50. The number of nitrogens with zero attached hydrogens (tertiary/aromatic N) is 3. The summed E-state index contributed by atoms with van der Waals surface area (Å²) in [6, 6.07) is 0. The van der Waals surface area contributed by atoms with Gasteiger partial charge in [0.05, 0.1) is 0 Å². The molecule has 82 valence electrons. The van der Waals surface area contributed by atoms with Gasteiger partial charge in [-0.3, -0.25) is 5.01 Å². The Kier molecular flexibility index (Phi) is 5.59. The van der Waals surface area contributed by atoms with Crippen LogP contribution in [-0.4, -0.2) is 33.5 Å². The molecule has 1 aliphatic heterocycles. The van der Waals surface area contributed by atoms with E-state index < -0.39 is 0 Å². The first-order valence-corrected chi connectivity index (χ1v) is 6.74. The summed E-state index contributed by atoms with van der Waals surface area (Å²) >= 11 is 2.46. The molecule has 1 rings (SSSR count). The molecule has 1 heterocycles. The molecule has 0 saturated carbocycles. The van der Waals surface area contributed by atoms with E-state index >= 15 is 0 Å². The molecule has 14 heavy (non-hydrogen) atoms. The second kappa shape index (κ2) is 6.48. The van der Waals surface area contributed by atoms with E-state index in [0.29, 0.717) is 4.17 Å². The zero-order chi connectivity index (χ0) is 10.4. The average molecular weight is 309 g/mol. The zero-order valence-electron chi connectivity index (χ0n) is 9.12. The van der Waals surface area contributed by atoms with E-state index in [1.807, 2.05) is 6.34 Å². The Balaban J connectivity index is 2.28. The molecule has 0 spiro atoms. The molecule has 0 N–H and O–H groups in total. The lowest BCUT2D eigenvalue weighted by Crippen LogP contribution is -2.35. The minimum Gasteiger partial charge on any atom is -0.331 e. The average Bonchev–Trinajstić information content (AvgIpc) is 2.54. The third-order valence-electron chi connectivity index (χ3n) is 2.38. The molecule has 3 nitrogen and oxygen atoms in total. The van der Waals surface area contributed by atoms with Crippen molar-refractivity contribution in [2.75, 3.05) is 13.1 Å². The van der Waals surface area contributed by atoms with Crippen LogP contribution in [0.15, 0.2) is 5.10 Å². The molecular weight excluding hydrogens is 289 g/mol. The summed E-state index contributed by atoms with van der Waals surface area (Å²) in [5, 5.41) is 6.60. The predicted octanol–water partition coefficient (Wildman–Crippen LogP) is 2.87. The number of hydrazone groups is 1. The highest BCUT2D eigenvalue weighted by Crippen LogP contribution is 2.19. The Morgan fingerprint density at radius 2 is 1.86 bits per heavy atom. The normalized spacial score (nSPS) is 20.9. The third kappa shape index (κ3) is 3.29. The van der Waals surface area contributed by atoms with Crippen LogP contribution in [0.3, 0.4) is 0 Å². The fourth-order valence-corrected chi connectivity index (χ4v) is 2.25. The topological polar surface area (TPSA) is 18.8 Å². The van der Waals surface area contributed by atoms with Crippen molar-refractivity contribution in [1.82, 2.24) is 9.91 Å². The molecule has 1 unspecified atom stereocenters. The summed E-state index contributed by atoms with van der Waals surface area (Å²) in [6.45, 7) is 6.67. The van der Waals surface area contributed by atoms with Gasteiger partial charge in [-0.05, 0) is 35.4 Å². The van der Waals surface area contributed by atoms with Crippen LogP contribution in [0.4, 0.5) is 0 Å². The summed E-state index contributed by atoms with van der Waals surface area (Å²) in [7, 11) is 0. The second-order valence-electron chi connectivity index (χ2n) is 3.65. The van der Waals surface area contributed by atoms with E-state index in [-0.39, 0.29) is 0 Å². The number of alkyl halides is 1. The lowest BCUT2D eigenvalue weighted by molar-refractivity contribution is 0.214. The molecule has 0 fully saturated rings. The number of halogens is 1. The lowest BCUT2D eigenvalue weighted by atomic mass is 10.3. The SMILES string of the molecule is CCCCN1C=NN(CCCC)C1I. The predicted molar refractivity (Wildman–Crippen MR) is 69.5 cm³/mol. The molecule has 0 aromatic carbocycles. The van der Waals surface area contributed by atoms with Gasteiger partial charge in [-0.15, -0.1) is 0 Å². The monoisotopic (exact) mass is 309 g/mol. The van der Waals surface area contributed by atoms with Crippen LogP contribution >= 0.6 is 22.6 Å². The van der Waals surface area contributed by atoms with Crippen molar-refractivity contribution in [2.45, 2.75) is 43.7 Å². The van der Waals surface area contributed by atoms with Crippen LogP contribution in [-0.2, 0) is 0 Å². The van der Waals surface area contributed by atoms with Crippen molar-refractivity contribution >= 4 is 28.9 Å². The van der Waals surface area contributed by atoms with Crippen molar-refractivity contribution in [3.63, 3.8) is 0 Å². The first kappa shape index (κ1) is 12.1. The highest BCUT2D eigenvalue weighted by molar-refractivity contribution is 14.1. The Labute approximate surface area is 101 Å². The highest BCUT2D eigenvalue weighted by Gasteiger charge is 2.23. The van der Waals surface area contributed by atoms with Crippen molar-refractivity contribution in [2.24, 2.45) is 5.10 Å². The number of hydrogen-bond acceptors (Lipinski definition) is 3. The minimum atomic E-state index is 0.436. The maximum atomic E-state index is 4.42. The van der Waals surface area contributed by atoms with Gasteiger partial charge in [0.2, 0.25) is 0 Å². The fourth-order valence-electron chi connectivity index (χ4n) is 1.40. The molecule has 0 amide bonds. The maximum Gasteiger partial charge on any atom is 0.171 e. The van der Waals surface area contributed by atoms with Gasteiger partial charge in [0, 0.05) is 13.1 Å². The Bertz CT molecular complexity index is 166. The highest BCUT2D eigenvalue weighted by atomic mass is 127. The molecule has 0 radical (unpaired) electrons. The van der Waals surface area contributed by atoms with Crippen molar-refractivity contribution in [1.29, 1.82) is 0 Å². The van der Waals surface area contributed by atoms with E-state index in [2.05, 4.69) is 51.4 Å². The van der Waals surface area contributed by atoms with Gasteiger partial charge in [-0.25, -0.2) is 0 Å². The van der Waals surface area contributed by atoms with Gasteiger partial charge < -0.3 is 4.90 Å². The molecule has 0 saturated heterocycles. The summed E-state index contributed by atoms with van der Waals surface area (Å²) in [4.78, 5) is 2.32. The zero-order valence-corrected chi connectivity index (χ0v) is 11.3. The fraction of sp³-hybridized carbons (Fsp3) is 0.900. The minimum absolute atomic E-state index is 0.436. The van der Waals surface area contributed by atoms with Crippen LogP contribution in [0.1, 0.15) is 39.5 Å². The van der Waals surface area contributed by atoms with Crippen molar-refractivity contribution in [3.05, 3.63) is 0 Å². The third-order valence-corrected chi connectivity index (χ3v) is 3.74. The van der Waals surface area contributed by atoms with Gasteiger partial charge in [0.15, 0.2) is 4.17 Å². The molecule has 4 heteroatoms. The van der Waals surface area contributed by atoms with Crippen LogP contribution < -0.4 is 0 Å². The summed E-state index contributed by atoms with van der Waals surface area (Å²) < 4.78 is 0.436. The van der Waals surface area contributed by atoms with Crippen LogP contribution in [0.25, 0.3) is 0 Å². The van der Waals surface area contributed by atoms with E-state index in [1.165, 1.54) is 25.7 Å². The second-order valence-corrected chi connectivity index (χ2v) is 4.76. The lowest BCUT2D eigenvalue weighted by Gasteiger charge is -2.25. The molecule has 0 aliphatic carbocycles. The quantitative estimate of drug-likeness (QED) is 0.427. The number of unbranched alkanes of at least 4 members (excludes halogenated alkanes) is 2. The van der Waals surface area contributed by atoms with Gasteiger partial charge in [-0.2, -0.15) is 5.10 Å². The smallest absolute Gasteiger partial charge is 0.171 e. The molecule has 1 aliphatic rings. The van der Waals surface area contributed by atoms with E-state index in [0.717, 1.165) is 13.1 Å². The van der Waals surface area contributed by atoms with Crippen LogP contribution in [0.5, 0.6) is 0 Å². The van der Waals surface area contributed by atoms with Gasteiger partial charge >= 0.3 is 0 Å². The van der Waals surface area contributed by atoms with Crippen LogP contribution in [0.2, 0.25) is 0 Å². The molecule has 0 aromatic rings. The molecule has 1 atom stereocenters. The first-order chi connectivity index (χ1) is 6.79. The van der Waals surface area contributed by atoms with Gasteiger partial charge in [-0.1, -0.05) is 26.7 Å². The maximum absolute atomic E-state index is 4.42. The number of rotatable bonds is 6. The molecule has 0 aromatic heterocycles. The Hall–Kier alpha value is 0. The van der Waals surface area contributed by atoms with E-state index in [9.17, 15) is 0 Å². The van der Waals surface area contributed by atoms with Crippen LogP contribution in [0, 0.1) is 0 Å². The van der Waals surface area contributed by atoms with E-state index in [4.69, 9.17) is 0 Å². The standard InChI is InChI=1S/C10H20IN3/c1-3-5-7-13-9-12-14(10(13)11)8-6-4-2/h9-10H,3-8H2,1-2H3. The van der Waals surface area contributed by atoms with Gasteiger partial charge in [0.1, 0.15) is 6.34 Å². The Morgan fingerprint density at radius 3 is 2.50 bits per heavy atom. The van der Waals surface area contributed by atoms with Crippen molar-refractivity contribution in [3.8, 4) is 0 Å². The van der Waals surface area contributed by atoms with E-state index in [1.54, 1.807) is 0 Å². The molecule has 0 bridgehead atoms. The van der Waals surface area contributed by atoms with Crippen molar-refractivity contribution < 1.29 is 0 Å². The number of hydrogen-bond donors (Lipinski definition) is 0. The summed E-state index contributed by atoms with van der Waals surface area (Å²) in [5.74, 6) is 0. The largest absolute Gasteiger partial charge is 0.331 e. The Morgan fingerprint density at radius 1 is 1.21 bits per heavy atom. The van der Waals surface area contributed by atoms with Gasteiger partial charge in [0.25, 0.3) is 0 Å². The summed E-state index contributed by atoms with van der Waals surface area (Å²) in [5.41, 5.74) is 0.